The predicted molar refractivity (Wildman–Crippen MR) is 171 cm³/mol. The van der Waals surface area contributed by atoms with Crippen LogP contribution in [-0.4, -0.2) is 46.1 Å². The fourth-order valence-corrected chi connectivity index (χ4v) is 5.22. The van der Waals surface area contributed by atoms with E-state index >= 15 is 0 Å². The fraction of sp³-hybridized carbons (Fsp3) is 0.914. The number of amides is 1. The zero-order valence-electron chi connectivity index (χ0n) is 26.9. The monoisotopic (exact) mass is 568 g/mol. The Balaban J connectivity index is 3.79. The van der Waals surface area contributed by atoms with Crippen LogP contribution in [0.2, 0.25) is 0 Å². The fourth-order valence-electron chi connectivity index (χ4n) is 5.22. The number of unbranched alkanes of at least 4 members (excludes halogenated alkanes) is 19. The van der Waals surface area contributed by atoms with Crippen molar-refractivity contribution in [2.75, 3.05) is 6.61 Å². The van der Waals surface area contributed by atoms with Gasteiger partial charge < -0.3 is 20.6 Å². The molecule has 1 amide bonds. The Labute approximate surface area is 249 Å². The van der Waals surface area contributed by atoms with Crippen molar-refractivity contribution >= 4 is 5.91 Å². The minimum absolute atomic E-state index is 0.361. The van der Waals surface area contributed by atoms with Crippen LogP contribution in [0, 0.1) is 5.92 Å². The van der Waals surface area contributed by atoms with E-state index in [-0.39, 0.29) is 6.61 Å². The first-order valence-corrected chi connectivity index (χ1v) is 17.4. The topological polar surface area (TPSA) is 89.8 Å². The Kier molecular flexibility index (Phi) is 28.9. The number of nitrogens with one attached hydrogen (secondary N) is 1. The van der Waals surface area contributed by atoms with Crippen LogP contribution in [0.25, 0.3) is 0 Å². The Bertz CT molecular complexity index is 568. The smallest absolute Gasteiger partial charge is 0.249 e. The molecule has 0 fully saturated rings. The van der Waals surface area contributed by atoms with E-state index in [0.29, 0.717) is 6.42 Å². The van der Waals surface area contributed by atoms with Gasteiger partial charge in [-0.3, -0.25) is 4.79 Å². The molecule has 0 rings (SSSR count). The van der Waals surface area contributed by atoms with Crippen molar-refractivity contribution < 1.29 is 20.1 Å². The lowest BCUT2D eigenvalue weighted by molar-refractivity contribution is -0.131. The van der Waals surface area contributed by atoms with Crippen molar-refractivity contribution in [3.8, 4) is 0 Å². The number of allylic oxidation sites excluding steroid dienone is 1. The lowest BCUT2D eigenvalue weighted by Gasteiger charge is -2.21. The van der Waals surface area contributed by atoms with Crippen LogP contribution in [0.5, 0.6) is 0 Å². The SMILES string of the molecule is CCCCCCCCCCCCCC[C@@H](O)C(=O)N[C@@H](CO)[C@H](O)/C=C/CCCCCCCCCC[C@H](C)CC. The summed E-state index contributed by atoms with van der Waals surface area (Å²) in [7, 11) is 0. The molecule has 0 saturated carbocycles. The van der Waals surface area contributed by atoms with Gasteiger partial charge in [-0.15, -0.1) is 0 Å². The predicted octanol–water partition coefficient (Wildman–Crippen LogP) is 8.78. The zero-order chi connectivity index (χ0) is 29.7. The minimum atomic E-state index is -1.09. The summed E-state index contributed by atoms with van der Waals surface area (Å²) in [6, 6.07) is -0.791. The molecule has 0 aromatic heterocycles. The third kappa shape index (κ3) is 24.9. The Hall–Kier alpha value is -0.910. The molecule has 238 valence electrons. The van der Waals surface area contributed by atoms with E-state index in [1.807, 2.05) is 6.08 Å². The largest absolute Gasteiger partial charge is 0.394 e. The second-order valence-electron chi connectivity index (χ2n) is 12.3. The van der Waals surface area contributed by atoms with E-state index in [1.54, 1.807) is 6.08 Å². The standard InChI is InChI=1S/C35H69NO4/c1-4-6-7-8-9-10-11-12-17-20-23-26-29-34(39)35(40)36-32(30-37)33(38)28-25-22-19-16-14-13-15-18-21-24-27-31(3)5-2/h25,28,31-34,37-39H,4-24,26-27,29-30H2,1-3H3,(H,36,40)/b28-25+/t31-,32+,33-,34-/m1/s1. The Morgan fingerprint density at radius 2 is 1.12 bits per heavy atom. The maximum Gasteiger partial charge on any atom is 0.249 e. The summed E-state index contributed by atoms with van der Waals surface area (Å²) in [5, 5.41) is 32.9. The van der Waals surface area contributed by atoms with Gasteiger partial charge in [-0.1, -0.05) is 168 Å². The molecule has 4 atom stereocenters. The highest BCUT2D eigenvalue weighted by atomic mass is 16.3. The number of carbonyl (C=O) groups excluding carboxylic acids is 1. The summed E-state index contributed by atoms with van der Waals surface area (Å²) in [5.74, 6) is 0.366. The minimum Gasteiger partial charge on any atom is -0.394 e. The molecule has 4 N–H and O–H groups in total. The third-order valence-electron chi connectivity index (χ3n) is 8.42. The van der Waals surface area contributed by atoms with E-state index in [4.69, 9.17) is 0 Å². The molecule has 0 aliphatic heterocycles. The number of hydrogen-bond donors (Lipinski definition) is 4. The number of aliphatic hydroxyl groups is 3. The van der Waals surface area contributed by atoms with Crippen LogP contribution in [0.3, 0.4) is 0 Å². The van der Waals surface area contributed by atoms with Crippen molar-refractivity contribution in [1.82, 2.24) is 5.32 Å². The molecule has 0 aliphatic carbocycles. The highest BCUT2D eigenvalue weighted by molar-refractivity contribution is 5.80. The van der Waals surface area contributed by atoms with Crippen LogP contribution in [0.1, 0.15) is 175 Å². The number of carbonyl (C=O) groups is 1. The van der Waals surface area contributed by atoms with Gasteiger partial charge in [-0.05, 0) is 25.2 Å². The second-order valence-corrected chi connectivity index (χ2v) is 12.3. The molecule has 0 aromatic rings. The quantitative estimate of drug-likeness (QED) is 0.0516. The Morgan fingerprint density at radius 3 is 1.60 bits per heavy atom. The first kappa shape index (κ1) is 39.1. The van der Waals surface area contributed by atoms with Gasteiger partial charge in [0, 0.05) is 0 Å². The molecule has 0 bridgehead atoms. The summed E-state index contributed by atoms with van der Waals surface area (Å²) < 4.78 is 0. The molecular formula is C35H69NO4. The van der Waals surface area contributed by atoms with Gasteiger partial charge in [0.25, 0.3) is 0 Å². The zero-order valence-corrected chi connectivity index (χ0v) is 26.9. The van der Waals surface area contributed by atoms with Crippen molar-refractivity contribution in [3.63, 3.8) is 0 Å². The van der Waals surface area contributed by atoms with Crippen LogP contribution >= 0.6 is 0 Å². The van der Waals surface area contributed by atoms with E-state index in [1.165, 1.54) is 116 Å². The summed E-state index contributed by atoms with van der Waals surface area (Å²) in [4.78, 5) is 12.3. The lowest BCUT2D eigenvalue weighted by Crippen LogP contribution is -2.48. The second kappa shape index (κ2) is 29.6. The summed E-state index contributed by atoms with van der Waals surface area (Å²) in [6.07, 6.45) is 30.7. The van der Waals surface area contributed by atoms with Crippen molar-refractivity contribution in [3.05, 3.63) is 12.2 Å². The first-order chi connectivity index (χ1) is 19.5. The van der Waals surface area contributed by atoms with Crippen molar-refractivity contribution in [1.29, 1.82) is 0 Å². The lowest BCUT2D eigenvalue weighted by atomic mass is 9.99. The molecule has 0 aromatic carbocycles. The first-order valence-electron chi connectivity index (χ1n) is 17.4. The van der Waals surface area contributed by atoms with E-state index in [2.05, 4.69) is 26.1 Å². The molecule has 0 spiro atoms. The highest BCUT2D eigenvalue weighted by Crippen LogP contribution is 2.16. The number of rotatable bonds is 30. The summed E-state index contributed by atoms with van der Waals surface area (Å²) in [5.41, 5.74) is 0. The average Bonchev–Trinajstić information content (AvgIpc) is 2.96. The van der Waals surface area contributed by atoms with Crippen LogP contribution in [0.4, 0.5) is 0 Å². The molecule has 40 heavy (non-hydrogen) atoms. The third-order valence-corrected chi connectivity index (χ3v) is 8.42. The molecule has 0 aliphatic rings. The highest BCUT2D eigenvalue weighted by Gasteiger charge is 2.22. The molecule has 0 radical (unpaired) electrons. The number of aliphatic hydroxyl groups excluding tert-OH is 3. The Morgan fingerprint density at radius 1 is 0.675 bits per heavy atom. The maximum atomic E-state index is 12.3. The van der Waals surface area contributed by atoms with E-state index in [9.17, 15) is 20.1 Å². The van der Waals surface area contributed by atoms with Crippen molar-refractivity contribution in [2.45, 2.75) is 193 Å². The maximum absolute atomic E-state index is 12.3. The molecule has 5 heteroatoms. The van der Waals surface area contributed by atoms with Gasteiger partial charge in [0.05, 0.1) is 18.8 Å². The van der Waals surface area contributed by atoms with Crippen LogP contribution < -0.4 is 5.32 Å². The van der Waals surface area contributed by atoms with Crippen LogP contribution in [-0.2, 0) is 4.79 Å². The summed E-state index contributed by atoms with van der Waals surface area (Å²) >= 11 is 0. The normalized spacial score (nSPS) is 14.8. The van der Waals surface area contributed by atoms with Gasteiger partial charge in [0.2, 0.25) is 5.91 Å². The average molecular weight is 568 g/mol. The van der Waals surface area contributed by atoms with Crippen LogP contribution in [0.15, 0.2) is 12.2 Å². The van der Waals surface area contributed by atoms with Gasteiger partial charge in [-0.2, -0.15) is 0 Å². The summed E-state index contributed by atoms with van der Waals surface area (Å²) in [6.45, 7) is 6.51. The molecule has 0 unspecified atom stereocenters. The van der Waals surface area contributed by atoms with E-state index in [0.717, 1.165) is 38.0 Å². The van der Waals surface area contributed by atoms with E-state index < -0.39 is 24.2 Å². The molecule has 0 saturated heterocycles. The molecule has 0 heterocycles. The molecular weight excluding hydrogens is 498 g/mol. The van der Waals surface area contributed by atoms with Gasteiger partial charge >= 0.3 is 0 Å². The van der Waals surface area contributed by atoms with Crippen molar-refractivity contribution in [2.24, 2.45) is 5.92 Å². The van der Waals surface area contributed by atoms with Gasteiger partial charge in [-0.25, -0.2) is 0 Å². The van der Waals surface area contributed by atoms with Gasteiger partial charge in [0.1, 0.15) is 6.10 Å². The number of hydrogen-bond acceptors (Lipinski definition) is 4. The van der Waals surface area contributed by atoms with Gasteiger partial charge in [0.15, 0.2) is 0 Å². The molecule has 5 nitrogen and oxygen atoms in total.